The van der Waals surface area contributed by atoms with E-state index in [4.69, 9.17) is 30.8 Å². The molecule has 1 saturated heterocycles. The number of ether oxygens (including phenoxy) is 3. The Bertz CT molecular complexity index is 1560. The van der Waals surface area contributed by atoms with Gasteiger partial charge in [-0.3, -0.25) is 19.5 Å². The van der Waals surface area contributed by atoms with E-state index in [2.05, 4.69) is 5.32 Å². The van der Waals surface area contributed by atoms with Gasteiger partial charge in [0.1, 0.15) is 6.54 Å². The van der Waals surface area contributed by atoms with Gasteiger partial charge in [-0.25, -0.2) is 4.98 Å². The van der Waals surface area contributed by atoms with E-state index in [1.165, 1.54) is 4.90 Å². The summed E-state index contributed by atoms with van der Waals surface area (Å²) >= 11 is 6.08. The maximum Gasteiger partial charge on any atom is 0.254 e. The first-order chi connectivity index (χ1) is 19.9. The molecule has 1 unspecified atom stereocenters. The molecule has 9 nitrogen and oxygen atoms in total. The minimum atomic E-state index is -0.376. The number of anilines is 1. The fourth-order valence-electron chi connectivity index (χ4n) is 4.93. The monoisotopic (exact) mass is 572 g/mol. The minimum Gasteiger partial charge on any atom is -0.454 e. The average molecular weight is 573 g/mol. The summed E-state index contributed by atoms with van der Waals surface area (Å²) in [4.78, 5) is 33.4. The number of nitrogens with one attached hydrogen (secondary N) is 1. The van der Waals surface area contributed by atoms with E-state index in [1.54, 1.807) is 30.3 Å². The standard InChI is InChI=1S/C31H29ClN4O5/c1-20-4-11-24(12-5-20)36-17-26(21-6-9-23(32)10-7-21)33-31(36)34-29(37)18-35(16-25-3-2-14-39-25)30(38)22-8-13-27-28(15-22)41-19-40-27/h4-13,15,17,25H,2-3,14,16,18-19H2,1H3,(H,33,34,37). The number of rotatable bonds is 8. The predicted octanol–water partition coefficient (Wildman–Crippen LogP) is 5.49. The van der Waals surface area contributed by atoms with E-state index in [0.717, 1.165) is 29.7 Å². The Balaban J connectivity index is 1.26. The van der Waals surface area contributed by atoms with Crippen molar-refractivity contribution in [3.05, 3.63) is 89.1 Å². The van der Waals surface area contributed by atoms with Crippen LogP contribution in [0.4, 0.5) is 5.95 Å². The van der Waals surface area contributed by atoms with Crippen molar-refractivity contribution in [2.45, 2.75) is 25.9 Å². The second kappa shape index (κ2) is 11.6. The van der Waals surface area contributed by atoms with E-state index < -0.39 is 0 Å². The molecule has 0 saturated carbocycles. The van der Waals surface area contributed by atoms with Crippen molar-refractivity contribution < 1.29 is 23.8 Å². The van der Waals surface area contributed by atoms with Crippen LogP contribution in [0.25, 0.3) is 16.9 Å². The van der Waals surface area contributed by atoms with Crippen LogP contribution in [0, 0.1) is 6.92 Å². The van der Waals surface area contributed by atoms with Gasteiger partial charge >= 0.3 is 0 Å². The molecule has 0 spiro atoms. The molecule has 1 N–H and O–H groups in total. The fraction of sp³-hybridized carbons (Fsp3) is 0.258. The van der Waals surface area contributed by atoms with Crippen molar-refractivity contribution in [2.24, 2.45) is 0 Å². The van der Waals surface area contributed by atoms with Crippen molar-refractivity contribution in [3.63, 3.8) is 0 Å². The van der Waals surface area contributed by atoms with Crippen molar-refractivity contribution in [1.82, 2.24) is 14.5 Å². The van der Waals surface area contributed by atoms with Gasteiger partial charge in [0.25, 0.3) is 5.91 Å². The Morgan fingerprint density at radius 3 is 2.59 bits per heavy atom. The lowest BCUT2D eigenvalue weighted by molar-refractivity contribution is -0.117. The average Bonchev–Trinajstić information content (AvgIpc) is 3.74. The number of halogens is 1. The summed E-state index contributed by atoms with van der Waals surface area (Å²) in [6.07, 6.45) is 3.48. The first kappa shape index (κ1) is 26.9. The highest BCUT2D eigenvalue weighted by Gasteiger charge is 2.27. The van der Waals surface area contributed by atoms with Gasteiger partial charge in [-0.05, 0) is 62.2 Å². The van der Waals surface area contributed by atoms with Crippen LogP contribution >= 0.6 is 11.6 Å². The maximum absolute atomic E-state index is 13.6. The van der Waals surface area contributed by atoms with E-state index in [1.807, 2.05) is 54.1 Å². The zero-order chi connectivity index (χ0) is 28.3. The highest BCUT2D eigenvalue weighted by atomic mass is 35.5. The molecule has 1 aromatic heterocycles. The summed E-state index contributed by atoms with van der Waals surface area (Å²) in [5.74, 6) is 0.768. The van der Waals surface area contributed by atoms with E-state index in [-0.39, 0.29) is 31.3 Å². The third-order valence-corrected chi connectivity index (χ3v) is 7.35. The van der Waals surface area contributed by atoms with Crippen LogP contribution in [0.5, 0.6) is 11.5 Å². The van der Waals surface area contributed by atoms with Crippen molar-refractivity contribution in [2.75, 3.05) is 31.8 Å². The molecule has 0 radical (unpaired) electrons. The van der Waals surface area contributed by atoms with Gasteiger partial charge in [0, 0.05) is 41.2 Å². The lowest BCUT2D eigenvalue weighted by Gasteiger charge is -2.25. The van der Waals surface area contributed by atoms with Gasteiger partial charge in [-0.15, -0.1) is 0 Å². The quantitative estimate of drug-likeness (QED) is 0.300. The molecule has 2 aliphatic rings. The van der Waals surface area contributed by atoms with Crippen molar-refractivity contribution in [1.29, 1.82) is 0 Å². The summed E-state index contributed by atoms with van der Waals surface area (Å²) in [5.41, 5.74) is 3.89. The van der Waals surface area contributed by atoms with E-state index >= 15 is 0 Å². The molecule has 4 aromatic rings. The van der Waals surface area contributed by atoms with Crippen LogP contribution < -0.4 is 14.8 Å². The zero-order valence-corrected chi connectivity index (χ0v) is 23.3. The Labute approximate surface area is 242 Å². The summed E-state index contributed by atoms with van der Waals surface area (Å²) < 4.78 is 18.5. The Kier molecular flexibility index (Phi) is 7.63. The van der Waals surface area contributed by atoms with Gasteiger partial charge in [0.2, 0.25) is 18.6 Å². The fourth-order valence-corrected chi connectivity index (χ4v) is 5.06. The molecular weight excluding hydrogens is 544 g/mol. The summed E-state index contributed by atoms with van der Waals surface area (Å²) in [5, 5.41) is 3.56. The first-order valence-electron chi connectivity index (χ1n) is 13.5. The number of aryl methyl sites for hydroxylation is 1. The van der Waals surface area contributed by atoms with Crippen molar-refractivity contribution in [3.8, 4) is 28.4 Å². The largest absolute Gasteiger partial charge is 0.454 e. The molecule has 2 aliphatic heterocycles. The molecule has 2 amide bonds. The molecule has 41 heavy (non-hydrogen) atoms. The van der Waals surface area contributed by atoms with Crippen LogP contribution in [0.3, 0.4) is 0 Å². The number of imidazole rings is 1. The molecule has 0 aliphatic carbocycles. The Hall–Kier alpha value is -4.34. The second-order valence-corrected chi connectivity index (χ2v) is 10.5. The normalized spacial score (nSPS) is 15.6. The topological polar surface area (TPSA) is 94.9 Å². The molecule has 3 heterocycles. The minimum absolute atomic E-state index is 0.112. The summed E-state index contributed by atoms with van der Waals surface area (Å²) in [6, 6.07) is 20.3. The van der Waals surface area contributed by atoms with Gasteiger partial charge in [0.05, 0.1) is 11.8 Å². The highest BCUT2D eigenvalue weighted by molar-refractivity contribution is 6.30. The molecule has 0 bridgehead atoms. The molecule has 10 heteroatoms. The molecule has 3 aromatic carbocycles. The number of hydrogen-bond donors (Lipinski definition) is 1. The van der Waals surface area contributed by atoms with E-state index in [9.17, 15) is 9.59 Å². The first-order valence-corrected chi connectivity index (χ1v) is 13.8. The van der Waals surface area contributed by atoms with Crippen LogP contribution in [0.1, 0.15) is 28.8 Å². The number of fused-ring (bicyclic) bond motifs is 1. The van der Waals surface area contributed by atoms with Gasteiger partial charge in [-0.1, -0.05) is 41.4 Å². The molecule has 210 valence electrons. The number of carbonyl (C=O) groups is 2. The van der Waals surface area contributed by atoms with Gasteiger partial charge < -0.3 is 19.1 Å². The maximum atomic E-state index is 13.6. The van der Waals surface area contributed by atoms with Crippen LogP contribution in [0.2, 0.25) is 5.02 Å². The van der Waals surface area contributed by atoms with Crippen LogP contribution in [0.15, 0.2) is 72.9 Å². The van der Waals surface area contributed by atoms with E-state index in [0.29, 0.717) is 46.9 Å². The van der Waals surface area contributed by atoms with Gasteiger partial charge in [0.15, 0.2) is 11.5 Å². The highest BCUT2D eigenvalue weighted by Crippen LogP contribution is 2.33. The number of amides is 2. The zero-order valence-electron chi connectivity index (χ0n) is 22.5. The predicted molar refractivity (Wildman–Crippen MR) is 155 cm³/mol. The third-order valence-electron chi connectivity index (χ3n) is 7.10. The molecule has 6 rings (SSSR count). The van der Waals surface area contributed by atoms with Gasteiger partial charge in [-0.2, -0.15) is 0 Å². The van der Waals surface area contributed by atoms with Crippen LogP contribution in [-0.2, 0) is 9.53 Å². The van der Waals surface area contributed by atoms with Crippen LogP contribution in [-0.4, -0.2) is 58.9 Å². The summed E-state index contributed by atoms with van der Waals surface area (Å²) in [7, 11) is 0. The summed E-state index contributed by atoms with van der Waals surface area (Å²) in [6.45, 7) is 2.89. The number of carbonyl (C=O) groups excluding carboxylic acids is 2. The lowest BCUT2D eigenvalue weighted by atomic mass is 10.1. The van der Waals surface area contributed by atoms with Crippen molar-refractivity contribution >= 4 is 29.4 Å². The second-order valence-electron chi connectivity index (χ2n) is 10.1. The Morgan fingerprint density at radius 1 is 1.05 bits per heavy atom. The number of nitrogens with zero attached hydrogens (tertiary/aromatic N) is 3. The number of benzene rings is 3. The molecule has 1 atom stereocenters. The third kappa shape index (κ3) is 6.06. The smallest absolute Gasteiger partial charge is 0.254 e. The Morgan fingerprint density at radius 2 is 1.83 bits per heavy atom. The SMILES string of the molecule is Cc1ccc(-n2cc(-c3ccc(Cl)cc3)nc2NC(=O)CN(CC2CCCO2)C(=O)c2ccc3c(c2)OCO3)cc1. The number of aromatic nitrogens is 2. The number of hydrogen-bond acceptors (Lipinski definition) is 6. The lowest BCUT2D eigenvalue weighted by Crippen LogP contribution is -2.42. The molecule has 1 fully saturated rings. The molecular formula is C31H29ClN4O5.